The molecule has 6 nitrogen and oxygen atoms in total. The number of furan rings is 1. The normalized spacial score (nSPS) is 17.9. The number of fused-ring (bicyclic) bond motifs is 1. The Morgan fingerprint density at radius 1 is 1.29 bits per heavy atom. The van der Waals surface area contributed by atoms with Crippen molar-refractivity contribution < 1.29 is 14.0 Å². The zero-order chi connectivity index (χ0) is 16.5. The fraction of sp³-hybridized carbons (Fsp3) is 0.353. The first-order valence-corrected chi connectivity index (χ1v) is 8.85. The summed E-state index contributed by atoms with van der Waals surface area (Å²) < 4.78 is 5.30. The molecule has 0 radical (unpaired) electrons. The summed E-state index contributed by atoms with van der Waals surface area (Å²) >= 11 is 1.20. The molecule has 2 aromatic heterocycles. The number of allylic oxidation sites excluding steroid dienone is 2. The van der Waals surface area contributed by atoms with Crippen LogP contribution in [-0.4, -0.2) is 47.6 Å². The molecule has 0 amide bonds. The van der Waals surface area contributed by atoms with E-state index in [0.29, 0.717) is 27.9 Å². The Labute approximate surface area is 143 Å². The van der Waals surface area contributed by atoms with Gasteiger partial charge in [0.1, 0.15) is 10.6 Å². The maximum atomic E-state index is 12.6. The highest BCUT2D eigenvalue weighted by Gasteiger charge is 2.30. The predicted molar refractivity (Wildman–Crippen MR) is 90.2 cm³/mol. The van der Waals surface area contributed by atoms with Gasteiger partial charge in [-0.05, 0) is 38.1 Å². The number of hydrogen-bond donors (Lipinski definition) is 1. The van der Waals surface area contributed by atoms with Crippen molar-refractivity contribution in [2.75, 3.05) is 26.2 Å². The highest BCUT2D eigenvalue weighted by Crippen LogP contribution is 2.32. The number of nitrogens with one attached hydrogen (secondary N) is 1. The van der Waals surface area contributed by atoms with Gasteiger partial charge in [0.15, 0.2) is 16.6 Å². The van der Waals surface area contributed by atoms with Crippen LogP contribution in [0.15, 0.2) is 34.6 Å². The van der Waals surface area contributed by atoms with Gasteiger partial charge in [-0.25, -0.2) is 4.98 Å². The van der Waals surface area contributed by atoms with E-state index in [1.165, 1.54) is 30.3 Å². The number of Topliss-reactive ketones (excluding diaryl/α,β-unsaturated/α-hetero) is 1. The Morgan fingerprint density at radius 2 is 2.12 bits per heavy atom. The standard InChI is InChI=1S/C17H17N3O3S/c21-12-10-11(18-5-8-20-6-1-2-7-20)15(22)14-16(12)24-17(19-14)13-4-3-9-23-13/h3-4,9-10,18H,1-2,5-8H2. The molecule has 1 fully saturated rings. The third kappa shape index (κ3) is 2.81. The lowest BCUT2D eigenvalue weighted by Crippen LogP contribution is -2.33. The Balaban J connectivity index is 1.48. The first kappa shape index (κ1) is 15.3. The number of ketones is 2. The fourth-order valence-electron chi connectivity index (χ4n) is 3.02. The molecule has 0 unspecified atom stereocenters. The van der Waals surface area contributed by atoms with Crippen LogP contribution in [0.25, 0.3) is 10.8 Å². The molecule has 0 saturated carbocycles. The van der Waals surface area contributed by atoms with Crippen molar-refractivity contribution in [3.05, 3.63) is 40.7 Å². The van der Waals surface area contributed by atoms with Crippen molar-refractivity contribution in [1.29, 1.82) is 0 Å². The van der Waals surface area contributed by atoms with E-state index in [2.05, 4.69) is 15.2 Å². The van der Waals surface area contributed by atoms with Gasteiger partial charge >= 0.3 is 0 Å². The van der Waals surface area contributed by atoms with E-state index < -0.39 is 0 Å². The highest BCUT2D eigenvalue weighted by molar-refractivity contribution is 7.17. The zero-order valence-corrected chi connectivity index (χ0v) is 13.9. The second kappa shape index (κ2) is 6.33. The molecular weight excluding hydrogens is 326 g/mol. The second-order valence-electron chi connectivity index (χ2n) is 5.90. The Bertz CT molecular complexity index is 801. The maximum absolute atomic E-state index is 12.6. The molecule has 1 aliphatic heterocycles. The van der Waals surface area contributed by atoms with E-state index >= 15 is 0 Å². The number of carbonyl (C=O) groups excluding carboxylic acids is 2. The summed E-state index contributed by atoms with van der Waals surface area (Å²) in [6.07, 6.45) is 5.40. The second-order valence-corrected chi connectivity index (χ2v) is 6.90. The van der Waals surface area contributed by atoms with E-state index in [1.54, 1.807) is 18.4 Å². The first-order valence-electron chi connectivity index (χ1n) is 8.04. The fourth-order valence-corrected chi connectivity index (χ4v) is 3.96. The first-order chi connectivity index (χ1) is 11.7. The number of hydrogen-bond acceptors (Lipinski definition) is 7. The third-order valence-electron chi connectivity index (χ3n) is 4.26. The van der Waals surface area contributed by atoms with E-state index in [1.807, 2.05) is 0 Å². The van der Waals surface area contributed by atoms with Crippen molar-refractivity contribution in [2.45, 2.75) is 12.8 Å². The lowest BCUT2D eigenvalue weighted by molar-refractivity contribution is 0.0977. The summed E-state index contributed by atoms with van der Waals surface area (Å²) in [5, 5.41) is 3.66. The minimum atomic E-state index is -0.222. The Kier molecular flexibility index (Phi) is 4.03. The largest absolute Gasteiger partial charge is 0.462 e. The van der Waals surface area contributed by atoms with Crippen molar-refractivity contribution in [2.24, 2.45) is 0 Å². The predicted octanol–water partition coefficient (Wildman–Crippen LogP) is 2.35. The average Bonchev–Trinajstić information content (AvgIpc) is 3.31. The lowest BCUT2D eigenvalue weighted by Gasteiger charge is -2.17. The molecule has 124 valence electrons. The molecule has 0 atom stereocenters. The molecular formula is C17H17N3O3S. The molecule has 4 rings (SSSR count). The minimum absolute atomic E-state index is 0.177. The topological polar surface area (TPSA) is 75.4 Å². The van der Waals surface area contributed by atoms with E-state index in [9.17, 15) is 9.59 Å². The van der Waals surface area contributed by atoms with Gasteiger partial charge in [-0.2, -0.15) is 0 Å². The highest BCUT2D eigenvalue weighted by atomic mass is 32.1. The lowest BCUT2D eigenvalue weighted by atomic mass is 10.0. The number of aromatic nitrogens is 1. The number of nitrogens with zero attached hydrogens (tertiary/aromatic N) is 2. The van der Waals surface area contributed by atoms with Gasteiger partial charge in [0.25, 0.3) is 0 Å². The van der Waals surface area contributed by atoms with E-state index in [4.69, 9.17) is 4.42 Å². The van der Waals surface area contributed by atoms with Gasteiger partial charge in [-0.1, -0.05) is 0 Å². The van der Waals surface area contributed by atoms with Crippen molar-refractivity contribution >= 4 is 22.9 Å². The number of thiazole rings is 1. The van der Waals surface area contributed by atoms with Gasteiger partial charge < -0.3 is 14.6 Å². The van der Waals surface area contributed by atoms with Crippen LogP contribution >= 0.6 is 11.3 Å². The SMILES string of the molecule is O=C1C(NCCN2CCCC2)=CC(=O)c2sc(-c3ccco3)nc21. The van der Waals surface area contributed by atoms with Crippen LogP contribution in [0.2, 0.25) is 0 Å². The summed E-state index contributed by atoms with van der Waals surface area (Å²) in [5.41, 5.74) is 0.561. The monoisotopic (exact) mass is 343 g/mol. The molecule has 1 saturated heterocycles. The molecule has 0 spiro atoms. The van der Waals surface area contributed by atoms with Crippen LogP contribution in [-0.2, 0) is 0 Å². The Hall–Kier alpha value is -2.25. The Morgan fingerprint density at radius 3 is 2.88 bits per heavy atom. The molecule has 3 heterocycles. The maximum Gasteiger partial charge on any atom is 0.228 e. The average molecular weight is 343 g/mol. The minimum Gasteiger partial charge on any atom is -0.462 e. The van der Waals surface area contributed by atoms with Crippen molar-refractivity contribution in [3.63, 3.8) is 0 Å². The number of carbonyl (C=O) groups is 2. The van der Waals surface area contributed by atoms with Crippen molar-refractivity contribution in [3.8, 4) is 10.8 Å². The molecule has 0 aromatic carbocycles. The smallest absolute Gasteiger partial charge is 0.228 e. The number of rotatable bonds is 5. The van der Waals surface area contributed by atoms with Crippen LogP contribution in [0.5, 0.6) is 0 Å². The molecule has 1 aliphatic carbocycles. The van der Waals surface area contributed by atoms with Crippen LogP contribution in [0, 0.1) is 0 Å². The molecule has 1 N–H and O–H groups in total. The summed E-state index contributed by atoms with van der Waals surface area (Å²) in [5.74, 6) is 0.169. The van der Waals surface area contributed by atoms with Crippen LogP contribution in [0.4, 0.5) is 0 Å². The van der Waals surface area contributed by atoms with E-state index in [-0.39, 0.29) is 17.3 Å². The summed E-state index contributed by atoms with van der Waals surface area (Å²) in [4.78, 5) is 32.0. The van der Waals surface area contributed by atoms with Gasteiger partial charge in [-0.3, -0.25) is 9.59 Å². The number of likely N-dealkylation sites (tertiary alicyclic amines) is 1. The van der Waals surface area contributed by atoms with Crippen LogP contribution < -0.4 is 5.32 Å². The van der Waals surface area contributed by atoms with Crippen LogP contribution in [0.1, 0.15) is 33.0 Å². The summed E-state index contributed by atoms with van der Waals surface area (Å²) in [6, 6.07) is 3.52. The van der Waals surface area contributed by atoms with Gasteiger partial charge in [0.05, 0.1) is 12.0 Å². The van der Waals surface area contributed by atoms with Gasteiger partial charge in [0.2, 0.25) is 5.78 Å². The molecule has 24 heavy (non-hydrogen) atoms. The quantitative estimate of drug-likeness (QED) is 0.898. The van der Waals surface area contributed by atoms with Crippen LogP contribution in [0.3, 0.4) is 0 Å². The zero-order valence-electron chi connectivity index (χ0n) is 13.1. The third-order valence-corrected chi connectivity index (χ3v) is 5.34. The molecule has 2 aliphatic rings. The molecule has 2 aromatic rings. The summed E-state index contributed by atoms with van der Waals surface area (Å²) in [6.45, 7) is 3.74. The molecule has 0 bridgehead atoms. The van der Waals surface area contributed by atoms with Gasteiger partial charge in [0, 0.05) is 19.2 Å². The molecule has 7 heteroatoms. The summed E-state index contributed by atoms with van der Waals surface area (Å²) in [7, 11) is 0. The van der Waals surface area contributed by atoms with E-state index in [0.717, 1.165) is 19.6 Å². The van der Waals surface area contributed by atoms with Crippen molar-refractivity contribution in [1.82, 2.24) is 15.2 Å². The van der Waals surface area contributed by atoms with Gasteiger partial charge in [-0.15, -0.1) is 11.3 Å².